The molecular weight excluding hydrogens is 242 g/mol. The third-order valence-corrected chi connectivity index (χ3v) is 2.26. The van der Waals surface area contributed by atoms with Gasteiger partial charge in [-0.05, 0) is 19.1 Å². The number of carbonyl (C=O) groups excluding carboxylic acids is 2. The average molecular weight is 252 g/mol. The molecule has 88 valence electrons. The molecule has 0 saturated heterocycles. The lowest BCUT2D eigenvalue weighted by Crippen LogP contribution is -2.24. The van der Waals surface area contributed by atoms with Gasteiger partial charge in [0.15, 0.2) is 5.78 Å². The Morgan fingerprint density at radius 3 is 2.76 bits per heavy atom. The highest BCUT2D eigenvalue weighted by Crippen LogP contribution is 2.15. The van der Waals surface area contributed by atoms with Crippen molar-refractivity contribution in [1.82, 2.24) is 0 Å². The molecule has 0 aliphatic carbocycles. The fourth-order valence-corrected chi connectivity index (χ4v) is 1.44. The summed E-state index contributed by atoms with van der Waals surface area (Å²) >= 11 is 5.73. The zero-order valence-corrected chi connectivity index (χ0v) is 9.90. The predicted octanol–water partition coefficient (Wildman–Crippen LogP) is 2.23. The summed E-state index contributed by atoms with van der Waals surface area (Å²) in [5.74, 6) is -2.87. The number of nitrogens with zero attached hydrogens (tertiary/aromatic N) is 1. The smallest absolute Gasteiger partial charge is 0.331 e. The van der Waals surface area contributed by atoms with Crippen molar-refractivity contribution in [2.45, 2.75) is 6.92 Å². The largest absolute Gasteiger partial charge is 0.465 e. The molecule has 0 aliphatic heterocycles. The first-order chi connectivity index (χ1) is 8.10. The highest BCUT2D eigenvalue weighted by molar-refractivity contribution is 6.31. The number of Topliss-reactive ketones (excluding diaryl/α,β-unsaturated/α-hetero) is 1. The quantitative estimate of drug-likeness (QED) is 0.468. The summed E-state index contributed by atoms with van der Waals surface area (Å²) in [7, 11) is 0. The van der Waals surface area contributed by atoms with Gasteiger partial charge in [-0.2, -0.15) is 5.26 Å². The summed E-state index contributed by atoms with van der Waals surface area (Å²) in [5, 5.41) is 9.19. The Morgan fingerprint density at radius 1 is 1.53 bits per heavy atom. The van der Waals surface area contributed by atoms with Gasteiger partial charge in [-0.25, -0.2) is 0 Å². The molecule has 5 heteroatoms. The molecule has 1 aromatic carbocycles. The maximum atomic E-state index is 11.9. The minimum Gasteiger partial charge on any atom is -0.465 e. The molecule has 1 aromatic rings. The molecule has 4 nitrogen and oxygen atoms in total. The van der Waals surface area contributed by atoms with Crippen LogP contribution in [0.5, 0.6) is 0 Å². The average Bonchev–Trinajstić information content (AvgIpc) is 2.30. The Balaban J connectivity index is 2.95. The molecule has 0 radical (unpaired) electrons. The molecule has 1 rings (SSSR count). The molecule has 0 spiro atoms. The first kappa shape index (κ1) is 13.2. The van der Waals surface area contributed by atoms with Gasteiger partial charge in [-0.15, -0.1) is 0 Å². The van der Waals surface area contributed by atoms with E-state index in [-0.39, 0.29) is 12.2 Å². The maximum absolute atomic E-state index is 11.9. The van der Waals surface area contributed by atoms with E-state index < -0.39 is 17.7 Å². The van der Waals surface area contributed by atoms with Gasteiger partial charge in [-0.3, -0.25) is 9.59 Å². The minimum absolute atomic E-state index is 0.125. The van der Waals surface area contributed by atoms with Crippen LogP contribution in [0, 0.1) is 17.2 Å². The van der Waals surface area contributed by atoms with Crippen molar-refractivity contribution in [1.29, 1.82) is 5.26 Å². The summed E-state index contributed by atoms with van der Waals surface area (Å²) < 4.78 is 4.65. The number of halogens is 1. The molecular formula is C12H10ClNO3. The number of ketones is 1. The number of carbonyl (C=O) groups is 2. The van der Waals surface area contributed by atoms with E-state index in [2.05, 4.69) is 4.74 Å². The standard InChI is InChI=1S/C12H10ClNO3/c1-2-17-12(16)10(7-14)11(15)8-4-3-5-9(13)6-8/h3-6,10H,2H2,1H3. The normalized spacial score (nSPS) is 11.4. The Kier molecular flexibility index (Phi) is 4.68. The van der Waals surface area contributed by atoms with Gasteiger partial charge >= 0.3 is 5.97 Å². The summed E-state index contributed by atoms with van der Waals surface area (Å²) in [6, 6.07) is 7.72. The SMILES string of the molecule is CCOC(=O)C(C#N)C(=O)c1cccc(Cl)c1. The van der Waals surface area contributed by atoms with E-state index in [1.54, 1.807) is 25.1 Å². The maximum Gasteiger partial charge on any atom is 0.331 e. The van der Waals surface area contributed by atoms with Crippen LogP contribution >= 0.6 is 11.6 Å². The number of esters is 1. The van der Waals surface area contributed by atoms with E-state index >= 15 is 0 Å². The third-order valence-electron chi connectivity index (χ3n) is 2.02. The number of benzene rings is 1. The molecule has 0 bridgehead atoms. The lowest BCUT2D eigenvalue weighted by Gasteiger charge is -2.07. The molecule has 0 amide bonds. The van der Waals surface area contributed by atoms with Gasteiger partial charge in [0.05, 0.1) is 12.7 Å². The second-order valence-electron chi connectivity index (χ2n) is 3.19. The fraction of sp³-hybridized carbons (Fsp3) is 0.250. The molecule has 0 saturated carbocycles. The molecule has 1 unspecified atom stereocenters. The van der Waals surface area contributed by atoms with Crippen molar-refractivity contribution in [2.75, 3.05) is 6.61 Å². The van der Waals surface area contributed by atoms with E-state index in [0.29, 0.717) is 5.02 Å². The van der Waals surface area contributed by atoms with Crippen LogP contribution in [0.2, 0.25) is 5.02 Å². The van der Waals surface area contributed by atoms with Crippen molar-refractivity contribution in [2.24, 2.45) is 5.92 Å². The van der Waals surface area contributed by atoms with Crippen molar-refractivity contribution >= 4 is 23.4 Å². The van der Waals surface area contributed by atoms with Crippen LogP contribution in [0.4, 0.5) is 0 Å². The van der Waals surface area contributed by atoms with Crippen LogP contribution < -0.4 is 0 Å². The lowest BCUT2D eigenvalue weighted by molar-refractivity contribution is -0.144. The van der Waals surface area contributed by atoms with E-state index in [1.807, 2.05) is 0 Å². The van der Waals surface area contributed by atoms with Gasteiger partial charge < -0.3 is 4.74 Å². The highest BCUT2D eigenvalue weighted by atomic mass is 35.5. The zero-order valence-electron chi connectivity index (χ0n) is 9.14. The summed E-state index contributed by atoms with van der Waals surface area (Å²) in [6.45, 7) is 1.73. The molecule has 1 atom stereocenters. The second kappa shape index (κ2) is 6.02. The topological polar surface area (TPSA) is 67.2 Å². The third kappa shape index (κ3) is 3.30. The molecule has 0 aliphatic rings. The number of nitriles is 1. The molecule has 0 N–H and O–H groups in total. The summed E-state index contributed by atoms with van der Waals surface area (Å²) in [4.78, 5) is 23.2. The van der Waals surface area contributed by atoms with Crippen molar-refractivity contribution < 1.29 is 14.3 Å². The van der Waals surface area contributed by atoms with E-state index in [0.717, 1.165) is 0 Å². The first-order valence-corrected chi connectivity index (χ1v) is 5.34. The summed E-state index contributed by atoms with van der Waals surface area (Å²) in [5.41, 5.74) is 0.220. The van der Waals surface area contributed by atoms with Gasteiger partial charge in [0.25, 0.3) is 0 Å². The molecule has 17 heavy (non-hydrogen) atoms. The van der Waals surface area contributed by atoms with Gasteiger partial charge in [0.1, 0.15) is 0 Å². The zero-order chi connectivity index (χ0) is 12.8. The van der Waals surface area contributed by atoms with Crippen molar-refractivity contribution in [3.8, 4) is 6.07 Å². The van der Waals surface area contributed by atoms with Gasteiger partial charge in [0, 0.05) is 10.6 Å². The van der Waals surface area contributed by atoms with E-state index in [4.69, 9.17) is 16.9 Å². The minimum atomic E-state index is -1.44. The predicted molar refractivity (Wildman–Crippen MR) is 61.5 cm³/mol. The van der Waals surface area contributed by atoms with Crippen LogP contribution in [-0.2, 0) is 9.53 Å². The monoisotopic (exact) mass is 251 g/mol. The fourth-order valence-electron chi connectivity index (χ4n) is 1.25. The first-order valence-electron chi connectivity index (χ1n) is 4.96. The number of hydrogen-bond acceptors (Lipinski definition) is 4. The van der Waals surface area contributed by atoms with Gasteiger partial charge in [-0.1, -0.05) is 23.7 Å². The van der Waals surface area contributed by atoms with Crippen LogP contribution in [0.3, 0.4) is 0 Å². The van der Waals surface area contributed by atoms with E-state index in [9.17, 15) is 9.59 Å². The van der Waals surface area contributed by atoms with Crippen LogP contribution in [0.25, 0.3) is 0 Å². The summed E-state index contributed by atoms with van der Waals surface area (Å²) in [6.07, 6.45) is 0. The van der Waals surface area contributed by atoms with E-state index in [1.165, 1.54) is 12.1 Å². The Morgan fingerprint density at radius 2 is 2.24 bits per heavy atom. The second-order valence-corrected chi connectivity index (χ2v) is 3.63. The van der Waals surface area contributed by atoms with Crippen LogP contribution in [-0.4, -0.2) is 18.4 Å². The Labute approximate surface area is 104 Å². The van der Waals surface area contributed by atoms with Crippen LogP contribution in [0.15, 0.2) is 24.3 Å². The Hall–Kier alpha value is -1.86. The van der Waals surface area contributed by atoms with Gasteiger partial charge in [0.2, 0.25) is 5.92 Å². The van der Waals surface area contributed by atoms with Crippen molar-refractivity contribution in [3.63, 3.8) is 0 Å². The lowest BCUT2D eigenvalue weighted by atomic mass is 9.99. The van der Waals surface area contributed by atoms with Crippen LogP contribution in [0.1, 0.15) is 17.3 Å². The molecule has 0 aromatic heterocycles. The van der Waals surface area contributed by atoms with Crippen molar-refractivity contribution in [3.05, 3.63) is 34.9 Å². The molecule has 0 heterocycles. The number of ether oxygens (including phenoxy) is 1. The molecule has 0 fully saturated rings. The number of rotatable bonds is 4. The highest BCUT2D eigenvalue weighted by Gasteiger charge is 2.28. The number of hydrogen-bond donors (Lipinski definition) is 0. The Bertz CT molecular complexity index is 479.